The third kappa shape index (κ3) is 6.96. The number of carbonyl (C=O) groups is 2. The Bertz CT molecular complexity index is 1020. The highest BCUT2D eigenvalue weighted by molar-refractivity contribution is 5.83. The van der Waals surface area contributed by atoms with E-state index in [-0.39, 0.29) is 12.6 Å². The summed E-state index contributed by atoms with van der Waals surface area (Å²) in [6.45, 7) is 4.13. The molecule has 0 amide bonds. The summed E-state index contributed by atoms with van der Waals surface area (Å²) >= 11 is 0. The predicted molar refractivity (Wildman–Crippen MR) is 119 cm³/mol. The van der Waals surface area contributed by atoms with Crippen LogP contribution in [-0.4, -0.2) is 68.5 Å². The average molecular weight is 502 g/mol. The van der Waals surface area contributed by atoms with Gasteiger partial charge in [0, 0.05) is 24.9 Å². The van der Waals surface area contributed by atoms with Crippen molar-refractivity contribution in [2.45, 2.75) is 64.1 Å². The molecule has 1 aliphatic carbocycles. The fraction of sp³-hybridized carbons (Fsp3) is 0.478. The van der Waals surface area contributed by atoms with Gasteiger partial charge in [0.15, 0.2) is 12.2 Å². The largest absolute Gasteiger partial charge is 0.479 e. The first-order chi connectivity index (χ1) is 16.4. The number of anilines is 1. The minimum absolute atomic E-state index is 0.0591. The Hall–Kier alpha value is -3.09. The molecule has 1 aromatic carbocycles. The van der Waals surface area contributed by atoms with E-state index in [1.165, 1.54) is 12.1 Å². The van der Waals surface area contributed by atoms with Crippen LogP contribution in [0.2, 0.25) is 0 Å². The lowest BCUT2D eigenvalue weighted by atomic mass is 10.2. The van der Waals surface area contributed by atoms with E-state index in [0.29, 0.717) is 18.5 Å². The van der Waals surface area contributed by atoms with E-state index in [4.69, 9.17) is 25.2 Å². The Morgan fingerprint density at radius 1 is 1.09 bits per heavy atom. The molecule has 2 unspecified atom stereocenters. The van der Waals surface area contributed by atoms with Gasteiger partial charge in [-0.2, -0.15) is 0 Å². The van der Waals surface area contributed by atoms with Crippen molar-refractivity contribution >= 4 is 17.6 Å². The fourth-order valence-corrected chi connectivity index (χ4v) is 3.89. The van der Waals surface area contributed by atoms with Crippen molar-refractivity contribution in [3.63, 3.8) is 0 Å². The maximum atomic E-state index is 13.7. The Kier molecular flexibility index (Phi) is 9.69. The van der Waals surface area contributed by atoms with E-state index in [2.05, 4.69) is 5.32 Å². The molecule has 194 valence electrons. The number of rotatable bonds is 8. The van der Waals surface area contributed by atoms with Crippen molar-refractivity contribution in [1.82, 2.24) is 4.57 Å². The number of carboxylic acids is 2. The average Bonchev–Trinajstić information content (AvgIpc) is 3.28. The Morgan fingerprint density at radius 2 is 1.63 bits per heavy atom. The van der Waals surface area contributed by atoms with Crippen molar-refractivity contribution in [1.29, 1.82) is 0 Å². The molecule has 35 heavy (non-hydrogen) atoms. The SMILES string of the molecule is COCc1c(N[C@H]2CC[C@@H](F)C2)c(C)c(C)n1-c1cc(F)cc(F)c1.O=C(O)C(O)C(O)C(=O)O. The number of halogens is 3. The van der Waals surface area contributed by atoms with E-state index in [1.807, 2.05) is 13.8 Å². The van der Waals surface area contributed by atoms with E-state index >= 15 is 0 Å². The number of methoxy groups -OCH3 is 1. The van der Waals surface area contributed by atoms with Crippen LogP contribution in [0.1, 0.15) is 36.2 Å². The van der Waals surface area contributed by atoms with Crippen LogP contribution in [0.15, 0.2) is 18.2 Å². The van der Waals surface area contributed by atoms with Crippen LogP contribution in [0.5, 0.6) is 0 Å². The zero-order valence-electron chi connectivity index (χ0n) is 19.5. The summed E-state index contributed by atoms with van der Waals surface area (Å²) < 4.78 is 48.0. The second-order valence-corrected chi connectivity index (χ2v) is 8.25. The van der Waals surface area contributed by atoms with Crippen molar-refractivity contribution in [3.05, 3.63) is 46.8 Å². The summed E-state index contributed by atoms with van der Waals surface area (Å²) in [6, 6.07) is 3.51. The van der Waals surface area contributed by atoms with E-state index < -0.39 is 42.0 Å². The molecule has 0 bridgehead atoms. The number of aliphatic hydroxyl groups is 2. The quantitative estimate of drug-likeness (QED) is 0.371. The van der Waals surface area contributed by atoms with Gasteiger partial charge in [0.2, 0.25) is 0 Å². The Balaban J connectivity index is 0.000000367. The monoisotopic (exact) mass is 502 g/mol. The van der Waals surface area contributed by atoms with Crippen LogP contribution in [0.4, 0.5) is 18.9 Å². The number of nitrogens with zero attached hydrogens (tertiary/aromatic N) is 1. The molecule has 1 fully saturated rings. The third-order valence-electron chi connectivity index (χ3n) is 5.72. The first kappa shape index (κ1) is 28.1. The minimum Gasteiger partial charge on any atom is -0.479 e. The Labute approximate surface area is 199 Å². The second-order valence-electron chi connectivity index (χ2n) is 8.25. The molecule has 5 N–H and O–H groups in total. The second kappa shape index (κ2) is 12.0. The minimum atomic E-state index is -2.27. The summed E-state index contributed by atoms with van der Waals surface area (Å²) in [7, 11) is 1.57. The highest BCUT2D eigenvalue weighted by atomic mass is 19.1. The first-order valence-electron chi connectivity index (χ1n) is 10.8. The number of aliphatic hydroxyl groups excluding tert-OH is 2. The van der Waals surface area contributed by atoms with Crippen molar-refractivity contribution in [3.8, 4) is 5.69 Å². The molecule has 1 saturated carbocycles. The highest BCUT2D eigenvalue weighted by Crippen LogP contribution is 2.34. The summed E-state index contributed by atoms with van der Waals surface area (Å²) in [5, 5.41) is 36.0. The standard InChI is InChI=1S/C19H23F3N2O.C4H6O6/c1-11-12(2)24(17-8-14(21)6-15(22)9-17)18(10-25-3)19(11)23-16-5-4-13(20)7-16;5-1(3(7)8)2(6)4(9)10/h6,8-9,13,16,23H,4-5,7,10H2,1-3H3;1-2,5-6H,(H,7,8)(H,9,10)/t13-,16+;/m1./s1. The summed E-state index contributed by atoms with van der Waals surface area (Å²) in [4.78, 5) is 19.5. The lowest BCUT2D eigenvalue weighted by Crippen LogP contribution is -2.39. The molecular weight excluding hydrogens is 473 g/mol. The van der Waals surface area contributed by atoms with Gasteiger partial charge in [0.25, 0.3) is 0 Å². The maximum absolute atomic E-state index is 13.7. The van der Waals surface area contributed by atoms with Gasteiger partial charge in [-0.15, -0.1) is 0 Å². The molecule has 1 aliphatic rings. The molecule has 0 spiro atoms. The van der Waals surface area contributed by atoms with Crippen molar-refractivity contribution in [2.75, 3.05) is 12.4 Å². The van der Waals surface area contributed by atoms with Crippen LogP contribution >= 0.6 is 0 Å². The molecule has 12 heteroatoms. The molecule has 3 rings (SSSR count). The van der Waals surface area contributed by atoms with Gasteiger partial charge < -0.3 is 35.0 Å². The van der Waals surface area contributed by atoms with Crippen LogP contribution in [-0.2, 0) is 20.9 Å². The summed E-state index contributed by atoms with van der Waals surface area (Å²) in [6.07, 6.45) is -3.50. The molecule has 0 aliphatic heterocycles. The van der Waals surface area contributed by atoms with Crippen LogP contribution in [0.3, 0.4) is 0 Å². The van der Waals surface area contributed by atoms with Gasteiger partial charge in [-0.3, -0.25) is 0 Å². The maximum Gasteiger partial charge on any atom is 0.335 e. The smallest absolute Gasteiger partial charge is 0.335 e. The topological polar surface area (TPSA) is 141 Å². The molecular formula is C23H29F3N2O7. The lowest BCUT2D eigenvalue weighted by Gasteiger charge is -2.17. The normalized spacial score (nSPS) is 19.0. The number of aromatic nitrogens is 1. The Morgan fingerprint density at radius 3 is 2.06 bits per heavy atom. The van der Waals surface area contributed by atoms with Gasteiger partial charge in [0.05, 0.1) is 23.7 Å². The van der Waals surface area contributed by atoms with Gasteiger partial charge in [0.1, 0.15) is 17.8 Å². The van der Waals surface area contributed by atoms with Crippen molar-refractivity contribution in [2.24, 2.45) is 0 Å². The first-order valence-corrected chi connectivity index (χ1v) is 10.8. The molecule has 1 heterocycles. The predicted octanol–water partition coefficient (Wildman–Crippen LogP) is 2.70. The van der Waals surface area contributed by atoms with Gasteiger partial charge in [-0.25, -0.2) is 22.8 Å². The van der Waals surface area contributed by atoms with E-state index in [9.17, 15) is 22.8 Å². The summed E-state index contributed by atoms with van der Waals surface area (Å²) in [5.74, 6) is -4.80. The molecule has 0 saturated heterocycles. The molecule has 2 aromatic rings. The third-order valence-corrected chi connectivity index (χ3v) is 5.72. The molecule has 0 radical (unpaired) electrons. The zero-order valence-corrected chi connectivity index (χ0v) is 19.5. The zero-order chi connectivity index (χ0) is 26.4. The van der Waals surface area contributed by atoms with E-state index in [1.54, 1.807) is 11.7 Å². The van der Waals surface area contributed by atoms with Gasteiger partial charge >= 0.3 is 11.9 Å². The highest BCUT2D eigenvalue weighted by Gasteiger charge is 2.29. The van der Waals surface area contributed by atoms with E-state index in [0.717, 1.165) is 35.1 Å². The van der Waals surface area contributed by atoms with Crippen LogP contribution in [0.25, 0.3) is 5.69 Å². The lowest BCUT2D eigenvalue weighted by molar-refractivity contribution is -0.165. The van der Waals surface area contributed by atoms with Gasteiger partial charge in [-0.1, -0.05) is 0 Å². The molecule has 9 nitrogen and oxygen atoms in total. The number of nitrogens with one attached hydrogen (secondary N) is 1. The fourth-order valence-electron chi connectivity index (χ4n) is 3.89. The number of hydrogen-bond acceptors (Lipinski definition) is 6. The summed E-state index contributed by atoms with van der Waals surface area (Å²) in [5.41, 5.74) is 3.90. The van der Waals surface area contributed by atoms with Crippen molar-refractivity contribution < 1.29 is 47.9 Å². The van der Waals surface area contributed by atoms with Gasteiger partial charge in [-0.05, 0) is 50.8 Å². The molecule has 4 atom stereocenters. The number of aliphatic carboxylic acids is 2. The van der Waals surface area contributed by atoms with Crippen LogP contribution < -0.4 is 5.32 Å². The number of carboxylic acid groups (broad SMARTS) is 2. The van der Waals surface area contributed by atoms with Crippen LogP contribution in [0, 0.1) is 25.5 Å². The molecule has 1 aromatic heterocycles. The number of benzene rings is 1. The number of alkyl halides is 1. The number of ether oxygens (including phenoxy) is 1. The number of hydrogen-bond donors (Lipinski definition) is 5.